The van der Waals surface area contributed by atoms with Gasteiger partial charge in [-0.05, 0) is 18.6 Å². The van der Waals surface area contributed by atoms with E-state index < -0.39 is 41.1 Å². The first-order chi connectivity index (χ1) is 16.1. The molecule has 0 atom stereocenters. The molecule has 0 unspecified atom stereocenters. The van der Waals surface area contributed by atoms with Gasteiger partial charge in [0.25, 0.3) is 5.91 Å². The zero-order valence-electron chi connectivity index (χ0n) is 17.4. The molecule has 1 aliphatic heterocycles. The molecule has 5 rings (SSSR count). The molecule has 1 aliphatic rings. The molecule has 7 nitrogen and oxygen atoms in total. The summed E-state index contributed by atoms with van der Waals surface area (Å²) >= 11 is 0. The lowest BCUT2D eigenvalue weighted by atomic mass is 9.99. The minimum absolute atomic E-state index is 0.0607. The number of carbonyl (C=O) groups excluding carboxylic acids is 1. The van der Waals surface area contributed by atoms with Gasteiger partial charge in [0.05, 0.1) is 29.6 Å². The third-order valence-corrected chi connectivity index (χ3v) is 5.65. The molecule has 0 radical (unpaired) electrons. The van der Waals surface area contributed by atoms with Crippen molar-refractivity contribution in [3.05, 3.63) is 71.0 Å². The molecule has 0 saturated carbocycles. The fraction of sp³-hybridized carbons (Fsp3) is 0.238. The maximum Gasteiger partial charge on any atom is 0.450 e. The Morgan fingerprint density at radius 3 is 2.50 bits per heavy atom. The highest BCUT2D eigenvalue weighted by Crippen LogP contribution is 2.33. The van der Waals surface area contributed by atoms with Crippen molar-refractivity contribution in [3.8, 4) is 11.3 Å². The molecule has 0 spiro atoms. The molecule has 0 N–H and O–H groups in total. The van der Waals surface area contributed by atoms with Gasteiger partial charge in [-0.2, -0.15) is 18.3 Å². The fourth-order valence-corrected chi connectivity index (χ4v) is 4.19. The van der Waals surface area contributed by atoms with Crippen LogP contribution < -0.4 is 0 Å². The third-order valence-electron chi connectivity index (χ3n) is 5.65. The summed E-state index contributed by atoms with van der Waals surface area (Å²) in [5.41, 5.74) is 0.945. The molecule has 176 valence electrons. The largest absolute Gasteiger partial charge is 0.450 e. The summed E-state index contributed by atoms with van der Waals surface area (Å²) < 4.78 is 83.3. The molecule has 0 fully saturated rings. The van der Waals surface area contributed by atoms with Crippen LogP contribution in [0.4, 0.5) is 26.3 Å². The highest BCUT2D eigenvalue weighted by molar-refractivity contribution is 5.99. The van der Waals surface area contributed by atoms with E-state index in [-0.39, 0.29) is 30.6 Å². The van der Waals surface area contributed by atoms with Crippen LogP contribution in [0, 0.1) is 17.5 Å². The summed E-state index contributed by atoms with van der Waals surface area (Å²) in [5, 5.41) is 4.31. The lowest BCUT2D eigenvalue weighted by Gasteiger charge is -2.26. The van der Waals surface area contributed by atoms with Crippen LogP contribution in [-0.2, 0) is 26.2 Å². The van der Waals surface area contributed by atoms with E-state index in [1.165, 1.54) is 16.6 Å². The molecule has 0 saturated heterocycles. The molecule has 13 heteroatoms. The smallest absolute Gasteiger partial charge is 0.331 e. The Labute approximate surface area is 187 Å². The van der Waals surface area contributed by atoms with Crippen molar-refractivity contribution in [1.82, 2.24) is 29.0 Å². The van der Waals surface area contributed by atoms with E-state index in [0.29, 0.717) is 17.0 Å². The SMILES string of the molecule is Cn1nc2c(c1-c1cc(F)c(F)c(F)c1)CCN(C(=O)c1nc(C(F)(F)F)n3ccncc13)C2. The van der Waals surface area contributed by atoms with Crippen LogP contribution in [0.1, 0.15) is 27.6 Å². The Morgan fingerprint density at radius 1 is 1.12 bits per heavy atom. The number of nitrogens with zero attached hydrogens (tertiary/aromatic N) is 6. The highest BCUT2D eigenvalue weighted by Gasteiger charge is 2.39. The average molecular weight is 480 g/mol. The van der Waals surface area contributed by atoms with Gasteiger partial charge in [-0.3, -0.25) is 18.9 Å². The number of imidazole rings is 1. The standard InChI is InChI=1S/C21H14F6N6O/c1-31-18(10-6-12(22)16(24)13(23)7-10)11-2-4-32(9-14(11)30-31)19(34)17-15-8-28-3-5-33(15)20(29-17)21(25,26)27/h3,5-8H,2,4,9H2,1H3. The number of alkyl halides is 3. The van der Waals surface area contributed by atoms with E-state index >= 15 is 0 Å². The number of aryl methyl sites for hydroxylation is 1. The minimum Gasteiger partial charge on any atom is -0.331 e. The average Bonchev–Trinajstić information content (AvgIpc) is 3.33. The van der Waals surface area contributed by atoms with E-state index in [2.05, 4.69) is 15.1 Å². The van der Waals surface area contributed by atoms with Crippen LogP contribution >= 0.6 is 0 Å². The summed E-state index contributed by atoms with van der Waals surface area (Å²) in [4.78, 5) is 21.8. The second kappa shape index (κ2) is 7.57. The third kappa shape index (κ3) is 3.38. The Morgan fingerprint density at radius 2 is 1.82 bits per heavy atom. The van der Waals surface area contributed by atoms with Crippen LogP contribution in [0.2, 0.25) is 0 Å². The van der Waals surface area contributed by atoms with Crippen LogP contribution in [0.5, 0.6) is 0 Å². The van der Waals surface area contributed by atoms with Gasteiger partial charge >= 0.3 is 6.18 Å². The van der Waals surface area contributed by atoms with Gasteiger partial charge < -0.3 is 4.90 Å². The van der Waals surface area contributed by atoms with Gasteiger partial charge in [0, 0.05) is 37.1 Å². The fourth-order valence-electron chi connectivity index (χ4n) is 4.19. The van der Waals surface area contributed by atoms with E-state index in [1.807, 2.05) is 0 Å². The Hall–Kier alpha value is -3.90. The summed E-state index contributed by atoms with van der Waals surface area (Å²) in [5.74, 6) is -6.27. The monoisotopic (exact) mass is 480 g/mol. The second-order valence-corrected chi connectivity index (χ2v) is 7.74. The number of aromatic nitrogens is 5. The summed E-state index contributed by atoms with van der Waals surface area (Å²) in [6.45, 7) is 0.0338. The minimum atomic E-state index is -4.78. The van der Waals surface area contributed by atoms with E-state index in [0.717, 1.165) is 35.1 Å². The first-order valence-corrected chi connectivity index (χ1v) is 9.94. The molecule has 0 aliphatic carbocycles. The van der Waals surface area contributed by atoms with Crippen LogP contribution in [0.3, 0.4) is 0 Å². The molecule has 0 bridgehead atoms. The van der Waals surface area contributed by atoms with Crippen molar-refractivity contribution in [3.63, 3.8) is 0 Å². The topological polar surface area (TPSA) is 68.3 Å². The maximum absolute atomic E-state index is 13.8. The van der Waals surface area contributed by atoms with Gasteiger partial charge in [0.2, 0.25) is 5.82 Å². The zero-order chi connectivity index (χ0) is 24.4. The quantitative estimate of drug-likeness (QED) is 0.324. The van der Waals surface area contributed by atoms with Crippen molar-refractivity contribution in [2.45, 2.75) is 19.1 Å². The highest BCUT2D eigenvalue weighted by atomic mass is 19.4. The summed E-state index contributed by atoms with van der Waals surface area (Å²) in [7, 11) is 1.53. The molecular formula is C21H14F6N6O. The predicted molar refractivity (Wildman–Crippen MR) is 105 cm³/mol. The first-order valence-electron chi connectivity index (χ1n) is 9.94. The van der Waals surface area contributed by atoms with E-state index in [4.69, 9.17) is 0 Å². The lowest BCUT2D eigenvalue weighted by Crippen LogP contribution is -2.36. The van der Waals surface area contributed by atoms with Gasteiger partial charge in [-0.25, -0.2) is 18.2 Å². The van der Waals surface area contributed by atoms with Crippen molar-refractivity contribution in [2.24, 2.45) is 7.05 Å². The molecular weight excluding hydrogens is 466 g/mol. The number of carbonyl (C=O) groups is 1. The maximum atomic E-state index is 13.8. The number of fused-ring (bicyclic) bond motifs is 2. The molecule has 34 heavy (non-hydrogen) atoms. The second-order valence-electron chi connectivity index (χ2n) is 7.74. The molecule has 1 amide bonds. The van der Waals surface area contributed by atoms with Crippen molar-refractivity contribution < 1.29 is 31.1 Å². The van der Waals surface area contributed by atoms with Crippen molar-refractivity contribution >= 4 is 11.4 Å². The van der Waals surface area contributed by atoms with Crippen LogP contribution in [0.25, 0.3) is 16.8 Å². The number of rotatable bonds is 2. The summed E-state index contributed by atoms with van der Waals surface area (Å²) in [6, 6.07) is 1.71. The number of halogens is 6. The predicted octanol–water partition coefficient (Wildman–Crippen LogP) is 3.76. The van der Waals surface area contributed by atoms with Gasteiger partial charge in [0.1, 0.15) is 0 Å². The number of amides is 1. The van der Waals surface area contributed by atoms with Crippen molar-refractivity contribution in [1.29, 1.82) is 0 Å². The molecule has 4 aromatic rings. The Balaban J connectivity index is 1.50. The molecule has 3 aromatic heterocycles. The number of hydrogen-bond donors (Lipinski definition) is 0. The van der Waals surface area contributed by atoms with E-state index in [1.54, 1.807) is 0 Å². The van der Waals surface area contributed by atoms with Crippen LogP contribution in [-0.4, -0.2) is 41.5 Å². The molecule has 1 aromatic carbocycles. The Kier molecular flexibility index (Phi) is 4.88. The first kappa shape index (κ1) is 21.9. The van der Waals surface area contributed by atoms with Crippen LogP contribution in [0.15, 0.2) is 30.7 Å². The normalized spacial score (nSPS) is 14.0. The van der Waals surface area contributed by atoms with Gasteiger partial charge in [-0.15, -0.1) is 0 Å². The lowest BCUT2D eigenvalue weighted by molar-refractivity contribution is -0.145. The van der Waals surface area contributed by atoms with Crippen molar-refractivity contribution in [2.75, 3.05) is 6.54 Å². The van der Waals surface area contributed by atoms with Gasteiger partial charge in [0.15, 0.2) is 23.1 Å². The number of benzene rings is 1. The Bertz CT molecular complexity index is 1430. The van der Waals surface area contributed by atoms with Gasteiger partial charge in [-0.1, -0.05) is 0 Å². The zero-order valence-corrected chi connectivity index (χ0v) is 17.4. The molecule has 4 heterocycles. The summed E-state index contributed by atoms with van der Waals surface area (Å²) in [6.07, 6.45) is -1.22. The number of hydrogen-bond acceptors (Lipinski definition) is 4. The van der Waals surface area contributed by atoms with E-state index in [9.17, 15) is 31.1 Å².